The fourth-order valence-corrected chi connectivity index (χ4v) is 2.53. The van der Waals surface area contributed by atoms with Gasteiger partial charge in [0.05, 0.1) is 6.04 Å². The van der Waals surface area contributed by atoms with E-state index in [1.807, 2.05) is 0 Å². The summed E-state index contributed by atoms with van der Waals surface area (Å²) in [6, 6.07) is 4.93. The van der Waals surface area contributed by atoms with E-state index in [1.54, 1.807) is 19.1 Å². The summed E-state index contributed by atoms with van der Waals surface area (Å²) >= 11 is 0. The molecule has 0 amide bonds. The van der Waals surface area contributed by atoms with Crippen molar-refractivity contribution in [2.45, 2.75) is 19.9 Å². The molecule has 0 radical (unpaired) electrons. The highest BCUT2D eigenvalue weighted by Crippen LogP contribution is 2.23. The van der Waals surface area contributed by atoms with E-state index in [4.69, 9.17) is 4.52 Å². The molecule has 1 N–H and O–H groups in total. The van der Waals surface area contributed by atoms with E-state index in [0.717, 1.165) is 31.7 Å². The molecule has 1 fully saturated rings. The smallest absolute Gasteiger partial charge is 0.244 e. The predicted molar refractivity (Wildman–Crippen MR) is 77.3 cm³/mol. The van der Waals surface area contributed by atoms with Gasteiger partial charge >= 0.3 is 0 Å². The van der Waals surface area contributed by atoms with Crippen LogP contribution >= 0.6 is 0 Å². The lowest BCUT2D eigenvalue weighted by Gasteiger charge is -2.30. The van der Waals surface area contributed by atoms with Crippen molar-refractivity contribution in [2.24, 2.45) is 0 Å². The highest BCUT2D eigenvalue weighted by atomic mass is 19.1. The molecule has 1 aliphatic heterocycles. The summed E-state index contributed by atoms with van der Waals surface area (Å²) in [5.41, 5.74) is 1.35. The molecule has 0 bridgehead atoms. The molecule has 2 heterocycles. The highest BCUT2D eigenvalue weighted by Gasteiger charge is 2.23. The van der Waals surface area contributed by atoms with Crippen molar-refractivity contribution in [3.63, 3.8) is 0 Å². The van der Waals surface area contributed by atoms with Crippen LogP contribution in [0.25, 0.3) is 11.4 Å². The molecule has 1 saturated heterocycles. The first kappa shape index (κ1) is 14.2. The van der Waals surface area contributed by atoms with Crippen LogP contribution in [0.15, 0.2) is 22.7 Å². The summed E-state index contributed by atoms with van der Waals surface area (Å²) in [7, 11) is 0. The molecular weight excluding hydrogens is 271 g/mol. The number of aromatic nitrogens is 2. The zero-order valence-corrected chi connectivity index (χ0v) is 12.3. The largest absolute Gasteiger partial charge is 0.337 e. The molecule has 112 valence electrons. The number of piperazine rings is 1. The zero-order chi connectivity index (χ0) is 14.8. The van der Waals surface area contributed by atoms with Crippen molar-refractivity contribution in [3.05, 3.63) is 35.5 Å². The van der Waals surface area contributed by atoms with Crippen LogP contribution in [0.3, 0.4) is 0 Å². The molecule has 1 aromatic carbocycles. The van der Waals surface area contributed by atoms with Gasteiger partial charge in [-0.05, 0) is 37.6 Å². The van der Waals surface area contributed by atoms with Crippen molar-refractivity contribution in [1.29, 1.82) is 0 Å². The van der Waals surface area contributed by atoms with Crippen LogP contribution in [0.5, 0.6) is 0 Å². The minimum absolute atomic E-state index is 0.0925. The Morgan fingerprint density at radius 2 is 2.10 bits per heavy atom. The second-order valence-corrected chi connectivity index (χ2v) is 5.38. The fourth-order valence-electron chi connectivity index (χ4n) is 2.53. The first-order valence-electron chi connectivity index (χ1n) is 7.20. The van der Waals surface area contributed by atoms with Crippen LogP contribution in [0.1, 0.15) is 24.4 Å². The molecular formula is C15H19FN4O. The topological polar surface area (TPSA) is 54.2 Å². The van der Waals surface area contributed by atoms with Gasteiger partial charge in [-0.15, -0.1) is 0 Å². The van der Waals surface area contributed by atoms with Crippen molar-refractivity contribution >= 4 is 0 Å². The maximum Gasteiger partial charge on any atom is 0.244 e. The molecule has 1 aromatic heterocycles. The van der Waals surface area contributed by atoms with Crippen LogP contribution in [-0.4, -0.2) is 41.2 Å². The van der Waals surface area contributed by atoms with E-state index in [0.29, 0.717) is 17.3 Å². The lowest BCUT2D eigenvalue weighted by atomic mass is 10.1. The molecule has 1 aliphatic rings. The van der Waals surface area contributed by atoms with E-state index in [2.05, 4.69) is 27.3 Å². The molecule has 2 aromatic rings. The first-order valence-corrected chi connectivity index (χ1v) is 7.20. The van der Waals surface area contributed by atoms with Gasteiger partial charge in [-0.1, -0.05) is 5.16 Å². The van der Waals surface area contributed by atoms with Gasteiger partial charge in [-0.3, -0.25) is 4.90 Å². The number of rotatable bonds is 3. The first-order chi connectivity index (χ1) is 10.1. The Bertz CT molecular complexity index is 622. The van der Waals surface area contributed by atoms with Crippen LogP contribution in [0, 0.1) is 12.7 Å². The Hall–Kier alpha value is -1.79. The second kappa shape index (κ2) is 5.91. The number of aryl methyl sites for hydroxylation is 1. The van der Waals surface area contributed by atoms with Gasteiger partial charge in [0.15, 0.2) is 0 Å². The summed E-state index contributed by atoms with van der Waals surface area (Å²) in [6.07, 6.45) is 0. The van der Waals surface area contributed by atoms with Crippen molar-refractivity contribution in [1.82, 2.24) is 20.4 Å². The third kappa shape index (κ3) is 2.96. The second-order valence-electron chi connectivity index (χ2n) is 5.38. The standard InChI is InChI=1S/C15H19FN4O/c1-10-9-12(3-4-13(10)16)14-18-15(21-19-14)11(2)20-7-5-17-6-8-20/h3-4,9,11,17H,5-8H2,1-2H3. The Kier molecular flexibility index (Phi) is 3.98. The lowest BCUT2D eigenvalue weighted by molar-refractivity contribution is 0.154. The van der Waals surface area contributed by atoms with Crippen LogP contribution < -0.4 is 5.32 Å². The molecule has 5 nitrogen and oxygen atoms in total. The average molecular weight is 290 g/mol. The molecule has 3 rings (SSSR count). The number of nitrogens with zero attached hydrogens (tertiary/aromatic N) is 3. The van der Waals surface area contributed by atoms with Gasteiger partial charge in [-0.2, -0.15) is 4.98 Å². The predicted octanol–water partition coefficient (Wildman–Crippen LogP) is 2.15. The Morgan fingerprint density at radius 1 is 1.33 bits per heavy atom. The van der Waals surface area contributed by atoms with Crippen molar-refractivity contribution in [3.8, 4) is 11.4 Å². The van der Waals surface area contributed by atoms with Crippen LogP contribution in [-0.2, 0) is 0 Å². The lowest BCUT2D eigenvalue weighted by Crippen LogP contribution is -2.44. The van der Waals surface area contributed by atoms with Gasteiger partial charge in [-0.25, -0.2) is 4.39 Å². The minimum atomic E-state index is -0.225. The van der Waals surface area contributed by atoms with Crippen molar-refractivity contribution in [2.75, 3.05) is 26.2 Å². The van der Waals surface area contributed by atoms with E-state index >= 15 is 0 Å². The third-order valence-corrected chi connectivity index (χ3v) is 3.91. The molecule has 1 unspecified atom stereocenters. The van der Waals surface area contributed by atoms with Gasteiger partial charge < -0.3 is 9.84 Å². The SMILES string of the molecule is Cc1cc(-c2noc(C(C)N3CCNCC3)n2)ccc1F. The quantitative estimate of drug-likeness (QED) is 0.938. The van der Waals surface area contributed by atoms with Crippen LogP contribution in [0.4, 0.5) is 4.39 Å². The maximum absolute atomic E-state index is 13.3. The van der Waals surface area contributed by atoms with E-state index < -0.39 is 0 Å². The number of hydrogen-bond acceptors (Lipinski definition) is 5. The number of halogens is 1. The summed E-state index contributed by atoms with van der Waals surface area (Å²) in [4.78, 5) is 6.77. The monoisotopic (exact) mass is 290 g/mol. The maximum atomic E-state index is 13.3. The summed E-state index contributed by atoms with van der Waals surface area (Å²) < 4.78 is 18.7. The Morgan fingerprint density at radius 3 is 2.81 bits per heavy atom. The highest BCUT2D eigenvalue weighted by molar-refractivity contribution is 5.55. The third-order valence-electron chi connectivity index (χ3n) is 3.91. The van der Waals surface area contributed by atoms with Crippen LogP contribution in [0.2, 0.25) is 0 Å². The minimum Gasteiger partial charge on any atom is -0.337 e. The normalized spacial score (nSPS) is 17.9. The Balaban J connectivity index is 1.80. The van der Waals surface area contributed by atoms with Gasteiger partial charge in [0.1, 0.15) is 5.82 Å². The number of hydrogen-bond donors (Lipinski definition) is 1. The molecule has 1 atom stereocenters. The van der Waals surface area contributed by atoms with E-state index in [1.165, 1.54) is 6.07 Å². The fraction of sp³-hybridized carbons (Fsp3) is 0.467. The molecule has 0 spiro atoms. The van der Waals surface area contributed by atoms with Gasteiger partial charge in [0.25, 0.3) is 0 Å². The van der Waals surface area contributed by atoms with Crippen molar-refractivity contribution < 1.29 is 8.91 Å². The van der Waals surface area contributed by atoms with E-state index in [-0.39, 0.29) is 11.9 Å². The molecule has 0 aliphatic carbocycles. The summed E-state index contributed by atoms with van der Waals surface area (Å²) in [5.74, 6) is 0.889. The number of nitrogens with one attached hydrogen (secondary N) is 1. The Labute approximate surface area is 123 Å². The number of benzene rings is 1. The van der Waals surface area contributed by atoms with Gasteiger partial charge in [0.2, 0.25) is 11.7 Å². The summed E-state index contributed by atoms with van der Waals surface area (Å²) in [5, 5.41) is 7.34. The average Bonchev–Trinajstić information content (AvgIpc) is 3.00. The molecule has 6 heteroatoms. The zero-order valence-electron chi connectivity index (χ0n) is 12.3. The summed E-state index contributed by atoms with van der Waals surface area (Å²) in [6.45, 7) is 7.68. The van der Waals surface area contributed by atoms with Gasteiger partial charge in [0, 0.05) is 31.7 Å². The van der Waals surface area contributed by atoms with E-state index in [9.17, 15) is 4.39 Å². The molecule has 0 saturated carbocycles. The molecule has 21 heavy (non-hydrogen) atoms.